The number of ether oxygens (including phenoxy) is 1. The molecule has 0 saturated carbocycles. The Bertz CT molecular complexity index is 670. The number of urea groups is 1. The first-order valence-corrected chi connectivity index (χ1v) is 6.59. The van der Waals surface area contributed by atoms with E-state index in [1.807, 2.05) is 0 Å². The number of hydrogen-bond acceptors (Lipinski definition) is 3. The van der Waals surface area contributed by atoms with Crippen LogP contribution in [0.3, 0.4) is 0 Å². The largest absolute Gasteiger partial charge is 0.376 e. The van der Waals surface area contributed by atoms with Crippen LogP contribution in [0, 0.1) is 0 Å². The Morgan fingerprint density at radius 3 is 3.00 bits per heavy atom. The van der Waals surface area contributed by atoms with Crippen LogP contribution < -0.4 is 16.3 Å². The van der Waals surface area contributed by atoms with E-state index in [1.165, 1.54) is 0 Å². The molecule has 1 atom stereocenters. The van der Waals surface area contributed by atoms with Gasteiger partial charge in [0.15, 0.2) is 0 Å². The molecule has 1 aromatic heterocycles. The van der Waals surface area contributed by atoms with E-state index in [0.717, 1.165) is 19.4 Å². The average molecular weight is 276 g/mol. The summed E-state index contributed by atoms with van der Waals surface area (Å²) in [6.07, 6.45) is 2.15. The summed E-state index contributed by atoms with van der Waals surface area (Å²) in [5.41, 5.74) is 1.73. The highest BCUT2D eigenvalue weighted by atomic mass is 16.5. The van der Waals surface area contributed by atoms with Crippen LogP contribution in [0.25, 0.3) is 11.0 Å². The Morgan fingerprint density at radius 1 is 1.35 bits per heavy atom. The van der Waals surface area contributed by atoms with Crippen molar-refractivity contribution in [1.82, 2.24) is 15.3 Å². The second kappa shape index (κ2) is 5.38. The van der Waals surface area contributed by atoms with Crippen LogP contribution in [0.15, 0.2) is 23.0 Å². The van der Waals surface area contributed by atoms with Crippen molar-refractivity contribution in [3.8, 4) is 0 Å². The minimum atomic E-state index is -0.280. The van der Waals surface area contributed by atoms with Gasteiger partial charge in [-0.05, 0) is 31.0 Å². The summed E-state index contributed by atoms with van der Waals surface area (Å²) in [6.45, 7) is 1.28. The first kappa shape index (κ1) is 12.7. The third kappa shape index (κ3) is 2.83. The number of carbonyl (C=O) groups excluding carboxylic acids is 1. The average Bonchev–Trinajstić information content (AvgIpc) is 3.04. The number of fused-ring (bicyclic) bond motifs is 1. The molecule has 4 N–H and O–H groups in total. The summed E-state index contributed by atoms with van der Waals surface area (Å²) in [5.74, 6) is 0. The van der Waals surface area contributed by atoms with Gasteiger partial charge in [-0.2, -0.15) is 0 Å². The lowest BCUT2D eigenvalue weighted by Gasteiger charge is -2.11. The van der Waals surface area contributed by atoms with E-state index < -0.39 is 0 Å². The van der Waals surface area contributed by atoms with Crippen molar-refractivity contribution in [2.75, 3.05) is 18.5 Å². The first-order chi connectivity index (χ1) is 9.70. The molecule has 2 heterocycles. The number of anilines is 1. The second-order valence-electron chi connectivity index (χ2n) is 4.81. The van der Waals surface area contributed by atoms with Crippen LogP contribution >= 0.6 is 0 Å². The smallest absolute Gasteiger partial charge is 0.323 e. The van der Waals surface area contributed by atoms with Crippen LogP contribution in [0.4, 0.5) is 10.5 Å². The molecule has 3 rings (SSSR count). The topological polar surface area (TPSA) is 99.0 Å². The molecule has 1 aromatic carbocycles. The molecule has 1 saturated heterocycles. The van der Waals surface area contributed by atoms with Crippen molar-refractivity contribution >= 4 is 22.8 Å². The van der Waals surface area contributed by atoms with Crippen LogP contribution in [-0.2, 0) is 4.74 Å². The zero-order valence-electron chi connectivity index (χ0n) is 10.9. The Morgan fingerprint density at radius 2 is 2.20 bits per heavy atom. The molecule has 20 heavy (non-hydrogen) atoms. The maximum atomic E-state index is 11.8. The fourth-order valence-corrected chi connectivity index (χ4v) is 2.30. The summed E-state index contributed by atoms with van der Waals surface area (Å²) < 4.78 is 5.43. The molecule has 1 unspecified atom stereocenters. The van der Waals surface area contributed by atoms with E-state index >= 15 is 0 Å². The van der Waals surface area contributed by atoms with Gasteiger partial charge in [0.25, 0.3) is 0 Å². The van der Waals surface area contributed by atoms with E-state index in [9.17, 15) is 9.59 Å². The molecule has 0 radical (unpaired) electrons. The lowest BCUT2D eigenvalue weighted by Crippen LogP contribution is -2.35. The maximum Gasteiger partial charge on any atom is 0.323 e. The number of amides is 2. The Labute approximate surface area is 114 Å². The fraction of sp³-hybridized carbons (Fsp3) is 0.385. The molecule has 0 bridgehead atoms. The van der Waals surface area contributed by atoms with Gasteiger partial charge in [0.05, 0.1) is 17.1 Å². The third-order valence-electron chi connectivity index (χ3n) is 3.29. The van der Waals surface area contributed by atoms with Gasteiger partial charge >= 0.3 is 11.7 Å². The Hall–Kier alpha value is -2.28. The number of aromatic amines is 2. The second-order valence-corrected chi connectivity index (χ2v) is 4.81. The molecule has 1 aliphatic rings. The monoisotopic (exact) mass is 276 g/mol. The minimum Gasteiger partial charge on any atom is -0.376 e. The normalized spacial score (nSPS) is 18.3. The highest BCUT2D eigenvalue weighted by molar-refractivity contribution is 5.91. The van der Waals surface area contributed by atoms with Gasteiger partial charge in [-0.15, -0.1) is 0 Å². The molecule has 106 valence electrons. The molecule has 7 nitrogen and oxygen atoms in total. The molecular formula is C13H16N4O3. The van der Waals surface area contributed by atoms with Gasteiger partial charge in [-0.25, -0.2) is 9.59 Å². The fourth-order valence-electron chi connectivity index (χ4n) is 2.30. The van der Waals surface area contributed by atoms with Gasteiger partial charge in [0.2, 0.25) is 0 Å². The minimum absolute atomic E-state index is 0.115. The van der Waals surface area contributed by atoms with Gasteiger partial charge in [0, 0.05) is 18.8 Å². The number of benzene rings is 1. The lowest BCUT2D eigenvalue weighted by molar-refractivity contribution is 0.112. The molecule has 2 amide bonds. The van der Waals surface area contributed by atoms with Crippen molar-refractivity contribution in [3.05, 3.63) is 28.7 Å². The zero-order valence-corrected chi connectivity index (χ0v) is 10.9. The summed E-state index contributed by atoms with van der Waals surface area (Å²) in [6, 6.07) is 4.90. The predicted molar refractivity (Wildman–Crippen MR) is 74.9 cm³/mol. The van der Waals surface area contributed by atoms with Crippen LogP contribution in [-0.4, -0.2) is 35.3 Å². The summed E-state index contributed by atoms with van der Waals surface area (Å²) >= 11 is 0. The van der Waals surface area contributed by atoms with Gasteiger partial charge in [0.1, 0.15) is 0 Å². The molecule has 1 fully saturated rings. The number of hydrogen-bond donors (Lipinski definition) is 4. The lowest BCUT2D eigenvalue weighted by atomic mass is 10.2. The zero-order chi connectivity index (χ0) is 13.9. The predicted octanol–water partition coefficient (Wildman–Crippen LogP) is 1.16. The van der Waals surface area contributed by atoms with Crippen molar-refractivity contribution in [2.45, 2.75) is 18.9 Å². The van der Waals surface area contributed by atoms with Crippen LogP contribution in [0.2, 0.25) is 0 Å². The number of aromatic nitrogens is 2. The highest BCUT2D eigenvalue weighted by Crippen LogP contribution is 2.14. The van der Waals surface area contributed by atoms with Crippen molar-refractivity contribution in [3.63, 3.8) is 0 Å². The van der Waals surface area contributed by atoms with Gasteiger partial charge < -0.3 is 25.3 Å². The molecule has 2 aromatic rings. The molecular weight excluding hydrogens is 260 g/mol. The standard InChI is InChI=1S/C13H16N4O3/c18-12(14-7-9-2-1-5-20-9)15-8-3-4-10-11(6-8)17-13(19)16-10/h3-4,6,9H,1-2,5,7H2,(H2,14,15,18)(H2,16,17,19). The van der Waals surface area contributed by atoms with Crippen molar-refractivity contribution in [1.29, 1.82) is 0 Å². The number of carbonyl (C=O) groups is 1. The molecule has 1 aliphatic heterocycles. The molecule has 0 aliphatic carbocycles. The van der Waals surface area contributed by atoms with Crippen molar-refractivity contribution in [2.24, 2.45) is 0 Å². The van der Waals surface area contributed by atoms with E-state index in [4.69, 9.17) is 4.74 Å². The summed E-state index contributed by atoms with van der Waals surface area (Å²) in [5, 5.41) is 5.50. The van der Waals surface area contributed by atoms with E-state index in [1.54, 1.807) is 18.2 Å². The molecule has 7 heteroatoms. The summed E-state index contributed by atoms with van der Waals surface area (Å²) in [7, 11) is 0. The highest BCUT2D eigenvalue weighted by Gasteiger charge is 2.16. The van der Waals surface area contributed by atoms with Crippen LogP contribution in [0.5, 0.6) is 0 Å². The summed E-state index contributed by atoms with van der Waals surface area (Å²) in [4.78, 5) is 28.2. The number of imidazole rings is 1. The van der Waals surface area contributed by atoms with Gasteiger partial charge in [-0.1, -0.05) is 0 Å². The van der Waals surface area contributed by atoms with Crippen LogP contribution in [0.1, 0.15) is 12.8 Å². The quantitative estimate of drug-likeness (QED) is 0.677. The number of H-pyrrole nitrogens is 2. The van der Waals surface area contributed by atoms with E-state index in [0.29, 0.717) is 23.3 Å². The first-order valence-electron chi connectivity index (χ1n) is 6.59. The third-order valence-corrected chi connectivity index (χ3v) is 3.29. The maximum absolute atomic E-state index is 11.8. The van der Waals surface area contributed by atoms with Crippen molar-refractivity contribution < 1.29 is 9.53 Å². The van der Waals surface area contributed by atoms with E-state index in [-0.39, 0.29) is 17.8 Å². The Kier molecular flexibility index (Phi) is 3.42. The Balaban J connectivity index is 1.60. The number of nitrogens with one attached hydrogen (secondary N) is 4. The number of rotatable bonds is 3. The van der Waals surface area contributed by atoms with E-state index in [2.05, 4.69) is 20.6 Å². The molecule has 0 spiro atoms. The van der Waals surface area contributed by atoms with Gasteiger partial charge in [-0.3, -0.25) is 0 Å². The SMILES string of the molecule is O=C(NCC1CCCO1)Nc1ccc2[nH]c(=O)[nH]c2c1.